The Kier molecular flexibility index (Phi) is 3.54. The summed E-state index contributed by atoms with van der Waals surface area (Å²) >= 11 is 0. The molecule has 0 aromatic heterocycles. The van der Waals surface area contributed by atoms with Gasteiger partial charge < -0.3 is 18.9 Å². The summed E-state index contributed by atoms with van der Waals surface area (Å²) in [6.45, 7) is 0.742. The van der Waals surface area contributed by atoms with Crippen molar-refractivity contribution in [3.05, 3.63) is 35.4 Å². The molecule has 0 saturated carbocycles. The van der Waals surface area contributed by atoms with E-state index in [1.165, 1.54) is 6.07 Å². The summed E-state index contributed by atoms with van der Waals surface area (Å²) in [6.07, 6.45) is 3.30. The van der Waals surface area contributed by atoms with Crippen LogP contribution in [0.25, 0.3) is 0 Å². The summed E-state index contributed by atoms with van der Waals surface area (Å²) in [6, 6.07) is 3.00. The molecule has 5 rings (SSSR count). The van der Waals surface area contributed by atoms with E-state index in [0.29, 0.717) is 18.4 Å². The first-order valence-corrected chi connectivity index (χ1v) is 10.4. The number of likely N-dealkylation sites (tertiary alicyclic amines) is 1. The zero-order chi connectivity index (χ0) is 20.1. The van der Waals surface area contributed by atoms with Crippen molar-refractivity contribution in [2.24, 2.45) is 5.92 Å². The zero-order valence-corrected chi connectivity index (χ0v) is 15.6. The Hall–Kier alpha value is -1.78. The highest BCUT2D eigenvalue weighted by Crippen LogP contribution is 2.62. The van der Waals surface area contributed by atoms with Crippen LogP contribution in [0.3, 0.4) is 0 Å². The molecule has 2 aliphatic carbocycles. The molecule has 2 heterocycles. The Morgan fingerprint density at radius 3 is 2.79 bits per heavy atom. The molecule has 2 aliphatic heterocycles. The number of hydrogen-bond donors (Lipinski definition) is 1. The van der Waals surface area contributed by atoms with Crippen molar-refractivity contribution in [3.63, 3.8) is 0 Å². The fourth-order valence-electron chi connectivity index (χ4n) is 5.46. The monoisotopic (exact) mass is 417 g/mol. The van der Waals surface area contributed by atoms with Gasteiger partial charge in [0.05, 0.1) is 0 Å². The molecule has 2 bridgehead atoms. The standard InChI is InChI=1S/C18H18F3NO5S/c1-22-7-6-17-10-3-4-12(23)16(17)26-15-13(27-28(24,25)18(19,20)21)5-2-9(14(15)17)8-11(10)22/h2-5,10-12,16,23H,6-8H2,1H3/t10?,11?,12-,16-,17-/m0/s1. The molecule has 1 fully saturated rings. The van der Waals surface area contributed by atoms with Crippen molar-refractivity contribution >= 4 is 10.1 Å². The van der Waals surface area contributed by atoms with Gasteiger partial charge in [-0.15, -0.1) is 0 Å². The number of halogens is 3. The molecule has 4 aliphatic rings. The van der Waals surface area contributed by atoms with Crippen LogP contribution in [0.1, 0.15) is 17.5 Å². The molecule has 2 unspecified atom stereocenters. The van der Waals surface area contributed by atoms with Crippen LogP contribution in [0.4, 0.5) is 13.2 Å². The number of hydrogen-bond acceptors (Lipinski definition) is 6. The third kappa shape index (κ3) is 2.13. The maximum absolute atomic E-state index is 12.8. The predicted octanol–water partition coefficient (Wildman–Crippen LogP) is 1.72. The van der Waals surface area contributed by atoms with Gasteiger partial charge in [0.25, 0.3) is 0 Å². The van der Waals surface area contributed by atoms with E-state index < -0.39 is 39.0 Å². The number of aliphatic hydroxyl groups excluding tert-OH is 1. The summed E-state index contributed by atoms with van der Waals surface area (Å²) in [5, 5.41) is 10.5. The molecule has 1 N–H and O–H groups in total. The molecule has 6 nitrogen and oxygen atoms in total. The SMILES string of the molecule is CN1CC[C@]23c4c5ccc(OS(=O)(=O)C(F)(F)F)c4O[C@H]2[C@@H](O)C=CC3C1C5. The van der Waals surface area contributed by atoms with Gasteiger partial charge in [-0.1, -0.05) is 18.2 Å². The van der Waals surface area contributed by atoms with Gasteiger partial charge in [-0.2, -0.15) is 21.6 Å². The van der Waals surface area contributed by atoms with E-state index in [2.05, 4.69) is 9.08 Å². The van der Waals surface area contributed by atoms with E-state index in [1.54, 1.807) is 12.1 Å². The Morgan fingerprint density at radius 1 is 1.32 bits per heavy atom. The summed E-state index contributed by atoms with van der Waals surface area (Å²) in [7, 11) is -3.80. The van der Waals surface area contributed by atoms with Crippen LogP contribution in [-0.2, 0) is 22.0 Å². The van der Waals surface area contributed by atoms with Crippen LogP contribution in [0.5, 0.6) is 11.5 Å². The smallest absolute Gasteiger partial charge is 0.482 e. The van der Waals surface area contributed by atoms with Crippen molar-refractivity contribution in [2.75, 3.05) is 13.6 Å². The second-order valence-electron chi connectivity index (χ2n) is 7.89. The minimum Gasteiger partial charge on any atom is -0.482 e. The lowest BCUT2D eigenvalue weighted by molar-refractivity contribution is -0.0507. The highest BCUT2D eigenvalue weighted by Gasteiger charge is 2.64. The van der Waals surface area contributed by atoms with Crippen LogP contribution >= 0.6 is 0 Å². The second-order valence-corrected chi connectivity index (χ2v) is 9.43. The average Bonchev–Trinajstić information content (AvgIpc) is 2.96. The highest BCUT2D eigenvalue weighted by atomic mass is 32.2. The number of aliphatic hydroxyl groups is 1. The van der Waals surface area contributed by atoms with E-state index in [9.17, 15) is 26.7 Å². The lowest BCUT2D eigenvalue weighted by Crippen LogP contribution is -2.64. The molecular formula is C18H18F3NO5S. The first-order valence-electron chi connectivity index (χ1n) is 8.96. The molecule has 1 aromatic rings. The lowest BCUT2D eigenvalue weighted by Gasteiger charge is -2.56. The molecule has 1 saturated heterocycles. The third-order valence-corrected chi connectivity index (χ3v) is 7.58. The minimum absolute atomic E-state index is 0.00563. The van der Waals surface area contributed by atoms with Gasteiger partial charge in [-0.25, -0.2) is 0 Å². The Labute approximate surface area is 159 Å². The van der Waals surface area contributed by atoms with Crippen LogP contribution in [0.2, 0.25) is 0 Å². The molecule has 5 atom stereocenters. The van der Waals surface area contributed by atoms with Crippen molar-refractivity contribution in [1.82, 2.24) is 4.90 Å². The Morgan fingerprint density at radius 2 is 2.07 bits per heavy atom. The topological polar surface area (TPSA) is 76.1 Å². The number of ether oxygens (including phenoxy) is 1. The van der Waals surface area contributed by atoms with E-state index in [-0.39, 0.29) is 17.7 Å². The summed E-state index contributed by atoms with van der Waals surface area (Å²) in [4.78, 5) is 2.24. The Bertz CT molecular complexity index is 992. The van der Waals surface area contributed by atoms with E-state index >= 15 is 0 Å². The van der Waals surface area contributed by atoms with Gasteiger partial charge in [-0.05, 0) is 38.1 Å². The molecule has 1 aromatic carbocycles. The van der Waals surface area contributed by atoms with Gasteiger partial charge in [0.2, 0.25) is 0 Å². The van der Waals surface area contributed by atoms with Gasteiger partial charge in [0.1, 0.15) is 12.2 Å². The predicted molar refractivity (Wildman–Crippen MR) is 91.5 cm³/mol. The summed E-state index contributed by atoms with van der Waals surface area (Å²) in [5.74, 6) is -0.461. The largest absolute Gasteiger partial charge is 0.534 e. The molecule has 0 amide bonds. The zero-order valence-electron chi connectivity index (χ0n) is 14.8. The summed E-state index contributed by atoms with van der Waals surface area (Å²) < 4.78 is 71.9. The van der Waals surface area contributed by atoms with Gasteiger partial charge in [-0.3, -0.25) is 0 Å². The van der Waals surface area contributed by atoms with Crippen molar-refractivity contribution in [2.45, 2.75) is 42.0 Å². The average molecular weight is 417 g/mol. The third-order valence-electron chi connectivity index (χ3n) is 6.62. The Balaban J connectivity index is 1.69. The number of nitrogens with zero attached hydrogens (tertiary/aromatic N) is 1. The van der Waals surface area contributed by atoms with Crippen LogP contribution in [-0.4, -0.2) is 55.8 Å². The van der Waals surface area contributed by atoms with E-state index in [1.807, 2.05) is 13.1 Å². The lowest BCUT2D eigenvalue weighted by atomic mass is 9.53. The second kappa shape index (κ2) is 5.43. The number of alkyl halides is 3. The van der Waals surface area contributed by atoms with Crippen LogP contribution in [0, 0.1) is 5.92 Å². The number of benzene rings is 1. The maximum Gasteiger partial charge on any atom is 0.534 e. The highest BCUT2D eigenvalue weighted by molar-refractivity contribution is 7.88. The first-order chi connectivity index (χ1) is 13.1. The molecular weight excluding hydrogens is 399 g/mol. The molecule has 1 spiro atoms. The quantitative estimate of drug-likeness (QED) is 0.449. The summed E-state index contributed by atoms with van der Waals surface area (Å²) in [5.41, 5.74) is -4.56. The number of likely N-dealkylation sites (N-methyl/N-ethyl adjacent to an activating group) is 1. The van der Waals surface area contributed by atoms with Crippen molar-refractivity contribution < 1.29 is 35.6 Å². The minimum atomic E-state index is -5.83. The molecule has 28 heavy (non-hydrogen) atoms. The van der Waals surface area contributed by atoms with Crippen molar-refractivity contribution in [3.8, 4) is 11.5 Å². The van der Waals surface area contributed by atoms with E-state index in [0.717, 1.165) is 12.1 Å². The number of rotatable bonds is 2. The van der Waals surface area contributed by atoms with Crippen molar-refractivity contribution in [1.29, 1.82) is 0 Å². The van der Waals surface area contributed by atoms with Gasteiger partial charge in [0.15, 0.2) is 11.5 Å². The van der Waals surface area contributed by atoms with Gasteiger partial charge in [0, 0.05) is 22.9 Å². The fraction of sp³-hybridized carbons (Fsp3) is 0.556. The first kappa shape index (κ1) is 18.3. The maximum atomic E-state index is 12.8. The molecule has 152 valence electrons. The van der Waals surface area contributed by atoms with Gasteiger partial charge >= 0.3 is 15.6 Å². The molecule has 0 radical (unpaired) electrons. The molecule has 10 heteroatoms. The van der Waals surface area contributed by atoms with Crippen LogP contribution < -0.4 is 8.92 Å². The fourth-order valence-corrected chi connectivity index (χ4v) is 5.92. The normalized spacial score (nSPS) is 36.0. The van der Waals surface area contributed by atoms with Crippen LogP contribution in [0.15, 0.2) is 24.3 Å². The van der Waals surface area contributed by atoms with E-state index in [4.69, 9.17) is 4.74 Å². The number of piperidine rings is 1.